The molecule has 24 heavy (non-hydrogen) atoms. The van der Waals surface area contributed by atoms with Crippen LogP contribution in [-0.2, 0) is 6.54 Å². The van der Waals surface area contributed by atoms with Crippen molar-refractivity contribution in [3.8, 4) is 0 Å². The number of hydrogen-bond acceptors (Lipinski definition) is 2. The van der Waals surface area contributed by atoms with Crippen LogP contribution in [0.25, 0.3) is 0 Å². The SMILES string of the molecule is Cc1cccc(CN2CCN(C(=O)c3c(F)cccc3Cl)CC2)c1. The van der Waals surface area contributed by atoms with Gasteiger partial charge < -0.3 is 4.90 Å². The van der Waals surface area contributed by atoms with Crippen LogP contribution < -0.4 is 0 Å². The van der Waals surface area contributed by atoms with E-state index >= 15 is 0 Å². The Bertz CT molecular complexity index is 722. The average molecular weight is 347 g/mol. The highest BCUT2D eigenvalue weighted by molar-refractivity contribution is 6.33. The number of halogens is 2. The number of piperazine rings is 1. The van der Waals surface area contributed by atoms with Crippen molar-refractivity contribution in [3.05, 3.63) is 70.0 Å². The molecule has 0 unspecified atom stereocenters. The van der Waals surface area contributed by atoms with E-state index in [4.69, 9.17) is 11.6 Å². The summed E-state index contributed by atoms with van der Waals surface area (Å²) in [7, 11) is 0. The van der Waals surface area contributed by atoms with Gasteiger partial charge in [-0.3, -0.25) is 9.69 Å². The minimum atomic E-state index is -0.560. The quantitative estimate of drug-likeness (QED) is 0.845. The summed E-state index contributed by atoms with van der Waals surface area (Å²) in [5.41, 5.74) is 2.49. The minimum Gasteiger partial charge on any atom is -0.336 e. The summed E-state index contributed by atoms with van der Waals surface area (Å²) in [5.74, 6) is -0.886. The number of hydrogen-bond donors (Lipinski definition) is 0. The lowest BCUT2D eigenvalue weighted by Crippen LogP contribution is -2.48. The third-order valence-corrected chi connectivity index (χ3v) is 4.64. The Kier molecular flexibility index (Phi) is 5.17. The van der Waals surface area contributed by atoms with Crippen LogP contribution in [0.5, 0.6) is 0 Å². The maximum atomic E-state index is 13.9. The zero-order valence-electron chi connectivity index (χ0n) is 13.6. The fraction of sp³-hybridized carbons (Fsp3) is 0.316. The molecule has 1 heterocycles. The lowest BCUT2D eigenvalue weighted by Gasteiger charge is -2.35. The molecule has 1 aliphatic rings. The molecular formula is C19H20ClFN2O. The van der Waals surface area contributed by atoms with Crippen LogP contribution in [0.2, 0.25) is 5.02 Å². The summed E-state index contributed by atoms with van der Waals surface area (Å²) in [6.07, 6.45) is 0. The van der Waals surface area contributed by atoms with E-state index < -0.39 is 5.82 Å². The largest absolute Gasteiger partial charge is 0.336 e. The van der Waals surface area contributed by atoms with Crippen LogP contribution in [0.15, 0.2) is 42.5 Å². The number of rotatable bonds is 3. The highest BCUT2D eigenvalue weighted by Gasteiger charge is 2.25. The van der Waals surface area contributed by atoms with E-state index in [0.717, 1.165) is 19.6 Å². The molecule has 0 N–H and O–H groups in total. The first-order valence-electron chi connectivity index (χ1n) is 8.06. The van der Waals surface area contributed by atoms with Crippen LogP contribution in [0.4, 0.5) is 4.39 Å². The van der Waals surface area contributed by atoms with E-state index in [9.17, 15) is 9.18 Å². The average Bonchev–Trinajstić information content (AvgIpc) is 2.55. The first-order chi connectivity index (χ1) is 11.5. The number of benzene rings is 2. The Morgan fingerprint density at radius 1 is 1.12 bits per heavy atom. The second kappa shape index (κ2) is 7.32. The van der Waals surface area contributed by atoms with E-state index in [-0.39, 0.29) is 16.5 Å². The standard InChI is InChI=1S/C19H20ClFN2O/c1-14-4-2-5-15(12-14)13-22-8-10-23(11-9-22)19(24)18-16(20)6-3-7-17(18)21/h2-7,12H,8-11,13H2,1H3. The van der Waals surface area contributed by atoms with Gasteiger partial charge in [-0.05, 0) is 24.6 Å². The first-order valence-corrected chi connectivity index (χ1v) is 8.43. The van der Waals surface area contributed by atoms with Gasteiger partial charge in [-0.15, -0.1) is 0 Å². The van der Waals surface area contributed by atoms with Gasteiger partial charge in [0.1, 0.15) is 5.82 Å². The molecule has 0 aromatic heterocycles. The topological polar surface area (TPSA) is 23.6 Å². The van der Waals surface area contributed by atoms with Gasteiger partial charge in [0.15, 0.2) is 0 Å². The number of amides is 1. The molecule has 5 heteroatoms. The summed E-state index contributed by atoms with van der Waals surface area (Å²) in [6, 6.07) is 12.8. The van der Waals surface area contributed by atoms with Gasteiger partial charge in [-0.2, -0.15) is 0 Å². The summed E-state index contributed by atoms with van der Waals surface area (Å²) >= 11 is 6.00. The van der Waals surface area contributed by atoms with Crippen LogP contribution >= 0.6 is 11.6 Å². The van der Waals surface area contributed by atoms with E-state index in [0.29, 0.717) is 13.1 Å². The number of carbonyl (C=O) groups excluding carboxylic acids is 1. The Balaban J connectivity index is 1.62. The predicted molar refractivity (Wildman–Crippen MR) is 93.8 cm³/mol. The molecule has 0 saturated carbocycles. The third kappa shape index (κ3) is 3.77. The van der Waals surface area contributed by atoms with Crippen molar-refractivity contribution in [1.82, 2.24) is 9.80 Å². The Hall–Kier alpha value is -1.91. The zero-order chi connectivity index (χ0) is 17.1. The molecule has 1 saturated heterocycles. The predicted octanol–water partition coefficient (Wildman–Crippen LogP) is 3.75. The molecule has 2 aromatic carbocycles. The van der Waals surface area contributed by atoms with Crippen LogP contribution in [0.3, 0.4) is 0 Å². The molecule has 3 rings (SSSR count). The van der Waals surface area contributed by atoms with Gasteiger partial charge in [0, 0.05) is 32.7 Å². The molecule has 0 radical (unpaired) electrons. The molecule has 1 aliphatic heterocycles. The highest BCUT2D eigenvalue weighted by atomic mass is 35.5. The van der Waals surface area contributed by atoms with Crippen LogP contribution in [0, 0.1) is 12.7 Å². The van der Waals surface area contributed by atoms with Crippen molar-refractivity contribution >= 4 is 17.5 Å². The summed E-state index contributed by atoms with van der Waals surface area (Å²) in [5, 5.41) is 0.169. The fourth-order valence-electron chi connectivity index (χ4n) is 3.04. The lowest BCUT2D eigenvalue weighted by atomic mass is 10.1. The van der Waals surface area contributed by atoms with Crippen molar-refractivity contribution in [1.29, 1.82) is 0 Å². The van der Waals surface area contributed by atoms with Crippen molar-refractivity contribution in [3.63, 3.8) is 0 Å². The van der Waals surface area contributed by atoms with E-state index in [1.807, 2.05) is 0 Å². The van der Waals surface area contributed by atoms with E-state index in [1.165, 1.54) is 23.3 Å². The molecular weight excluding hydrogens is 327 g/mol. The molecule has 3 nitrogen and oxygen atoms in total. The van der Waals surface area contributed by atoms with Crippen LogP contribution in [-0.4, -0.2) is 41.9 Å². The molecule has 1 amide bonds. The fourth-order valence-corrected chi connectivity index (χ4v) is 3.28. The molecule has 0 spiro atoms. The number of carbonyl (C=O) groups is 1. The number of aryl methyl sites for hydroxylation is 1. The normalized spacial score (nSPS) is 15.5. The van der Waals surface area contributed by atoms with E-state index in [2.05, 4.69) is 36.1 Å². The van der Waals surface area contributed by atoms with Crippen LogP contribution in [0.1, 0.15) is 21.5 Å². The smallest absolute Gasteiger partial charge is 0.258 e. The van der Waals surface area contributed by atoms with Gasteiger partial charge in [-0.25, -0.2) is 4.39 Å². The second-order valence-electron chi connectivity index (χ2n) is 6.15. The summed E-state index contributed by atoms with van der Waals surface area (Å²) in [4.78, 5) is 16.5. The maximum absolute atomic E-state index is 13.9. The molecule has 0 bridgehead atoms. The lowest BCUT2D eigenvalue weighted by molar-refractivity contribution is 0.0624. The Morgan fingerprint density at radius 2 is 1.83 bits per heavy atom. The molecule has 0 aliphatic carbocycles. The molecule has 0 atom stereocenters. The zero-order valence-corrected chi connectivity index (χ0v) is 14.4. The first kappa shape index (κ1) is 16.9. The van der Waals surface area contributed by atoms with Crippen molar-refractivity contribution in [2.45, 2.75) is 13.5 Å². The van der Waals surface area contributed by atoms with Crippen molar-refractivity contribution in [2.75, 3.05) is 26.2 Å². The highest BCUT2D eigenvalue weighted by Crippen LogP contribution is 2.21. The molecule has 126 valence electrons. The minimum absolute atomic E-state index is 0.0219. The maximum Gasteiger partial charge on any atom is 0.258 e. The third-order valence-electron chi connectivity index (χ3n) is 4.32. The van der Waals surface area contributed by atoms with Crippen molar-refractivity contribution < 1.29 is 9.18 Å². The van der Waals surface area contributed by atoms with Gasteiger partial charge in [0.05, 0.1) is 10.6 Å². The van der Waals surface area contributed by atoms with Gasteiger partial charge in [-0.1, -0.05) is 47.5 Å². The van der Waals surface area contributed by atoms with E-state index in [1.54, 1.807) is 11.0 Å². The second-order valence-corrected chi connectivity index (χ2v) is 6.56. The Morgan fingerprint density at radius 3 is 2.50 bits per heavy atom. The monoisotopic (exact) mass is 346 g/mol. The van der Waals surface area contributed by atoms with Crippen molar-refractivity contribution in [2.24, 2.45) is 0 Å². The molecule has 2 aromatic rings. The summed E-state index contributed by atoms with van der Waals surface area (Å²) in [6.45, 7) is 5.64. The number of nitrogens with zero attached hydrogens (tertiary/aromatic N) is 2. The van der Waals surface area contributed by atoms with Gasteiger partial charge >= 0.3 is 0 Å². The Labute approximate surface area is 146 Å². The van der Waals surface area contributed by atoms with Gasteiger partial charge in [0.2, 0.25) is 0 Å². The molecule has 1 fully saturated rings. The summed E-state index contributed by atoms with van der Waals surface area (Å²) < 4.78 is 13.9. The van der Waals surface area contributed by atoms with Gasteiger partial charge in [0.25, 0.3) is 5.91 Å².